The molecule has 0 spiro atoms. The van der Waals surface area contributed by atoms with Gasteiger partial charge in [0.1, 0.15) is 6.61 Å². The van der Waals surface area contributed by atoms with E-state index >= 15 is 0 Å². The first-order valence-electron chi connectivity index (χ1n) is 4.51. The molecule has 0 radical (unpaired) electrons. The molecule has 2 N–H and O–H groups in total. The Morgan fingerprint density at radius 1 is 1.40 bits per heavy atom. The molecule has 0 unspecified atom stereocenters. The van der Waals surface area contributed by atoms with E-state index in [0.29, 0.717) is 11.7 Å². The van der Waals surface area contributed by atoms with Crippen LogP contribution in [0.3, 0.4) is 0 Å². The monoisotopic (exact) mass is 205 g/mol. The highest BCUT2D eigenvalue weighted by Crippen LogP contribution is 2.19. The SMILES string of the molecule is Cc1ccccc1-c1noc(CON)n1. The Balaban J connectivity index is 2.33. The van der Waals surface area contributed by atoms with Crippen LogP contribution in [0, 0.1) is 6.92 Å². The van der Waals surface area contributed by atoms with E-state index in [4.69, 9.17) is 10.4 Å². The number of rotatable bonds is 3. The van der Waals surface area contributed by atoms with Gasteiger partial charge in [-0.15, -0.1) is 0 Å². The maximum atomic E-state index is 4.95. The van der Waals surface area contributed by atoms with Crippen molar-refractivity contribution in [3.8, 4) is 11.4 Å². The van der Waals surface area contributed by atoms with Crippen molar-refractivity contribution in [2.45, 2.75) is 13.5 Å². The van der Waals surface area contributed by atoms with Crippen LogP contribution >= 0.6 is 0 Å². The number of aryl methyl sites for hydroxylation is 1. The molecular weight excluding hydrogens is 194 g/mol. The average Bonchev–Trinajstić information content (AvgIpc) is 2.68. The van der Waals surface area contributed by atoms with E-state index in [0.717, 1.165) is 11.1 Å². The van der Waals surface area contributed by atoms with Gasteiger partial charge in [0, 0.05) is 5.56 Å². The second-order valence-electron chi connectivity index (χ2n) is 3.14. The van der Waals surface area contributed by atoms with Gasteiger partial charge in [0.15, 0.2) is 0 Å². The maximum absolute atomic E-state index is 4.95. The number of nitrogens with two attached hydrogens (primary N) is 1. The minimum absolute atomic E-state index is 0.124. The van der Waals surface area contributed by atoms with Crippen LogP contribution in [-0.4, -0.2) is 10.1 Å². The Kier molecular flexibility index (Phi) is 2.75. The zero-order valence-electron chi connectivity index (χ0n) is 8.30. The van der Waals surface area contributed by atoms with Crippen LogP contribution in [-0.2, 0) is 11.4 Å². The fraction of sp³-hybridized carbons (Fsp3) is 0.200. The van der Waals surface area contributed by atoms with Gasteiger partial charge in [-0.25, -0.2) is 5.90 Å². The van der Waals surface area contributed by atoms with Crippen LogP contribution in [0.1, 0.15) is 11.5 Å². The number of hydrogen-bond donors (Lipinski definition) is 1. The lowest BCUT2D eigenvalue weighted by atomic mass is 10.1. The molecule has 2 rings (SSSR count). The van der Waals surface area contributed by atoms with Gasteiger partial charge in [-0.2, -0.15) is 4.98 Å². The molecule has 5 heteroatoms. The van der Waals surface area contributed by atoms with E-state index in [1.807, 2.05) is 31.2 Å². The van der Waals surface area contributed by atoms with Crippen molar-refractivity contribution < 1.29 is 9.36 Å². The Bertz CT molecular complexity index is 453. The summed E-state index contributed by atoms with van der Waals surface area (Å²) >= 11 is 0. The van der Waals surface area contributed by atoms with E-state index in [2.05, 4.69) is 15.0 Å². The van der Waals surface area contributed by atoms with Gasteiger partial charge >= 0.3 is 0 Å². The van der Waals surface area contributed by atoms with Crippen molar-refractivity contribution in [3.05, 3.63) is 35.7 Å². The quantitative estimate of drug-likeness (QED) is 0.767. The Hall–Kier alpha value is -1.72. The van der Waals surface area contributed by atoms with Gasteiger partial charge in [-0.1, -0.05) is 29.4 Å². The fourth-order valence-corrected chi connectivity index (χ4v) is 1.32. The van der Waals surface area contributed by atoms with Crippen LogP contribution in [0.2, 0.25) is 0 Å². The molecule has 0 aliphatic carbocycles. The van der Waals surface area contributed by atoms with Crippen molar-refractivity contribution in [1.29, 1.82) is 0 Å². The molecule has 0 saturated carbocycles. The molecule has 0 aliphatic rings. The third kappa shape index (κ3) is 2.03. The highest BCUT2D eigenvalue weighted by molar-refractivity contribution is 5.58. The fourth-order valence-electron chi connectivity index (χ4n) is 1.32. The highest BCUT2D eigenvalue weighted by atomic mass is 16.6. The summed E-state index contributed by atoms with van der Waals surface area (Å²) in [5.41, 5.74) is 2.04. The first-order valence-corrected chi connectivity index (χ1v) is 4.51. The van der Waals surface area contributed by atoms with Crippen molar-refractivity contribution in [2.75, 3.05) is 0 Å². The summed E-state index contributed by atoms with van der Waals surface area (Å²) in [7, 11) is 0. The van der Waals surface area contributed by atoms with Gasteiger partial charge < -0.3 is 4.52 Å². The molecule has 0 fully saturated rings. The third-order valence-corrected chi connectivity index (χ3v) is 2.06. The second-order valence-corrected chi connectivity index (χ2v) is 3.14. The number of nitrogens with zero attached hydrogens (tertiary/aromatic N) is 2. The lowest BCUT2D eigenvalue weighted by molar-refractivity contribution is 0.0996. The smallest absolute Gasteiger partial charge is 0.255 e. The predicted molar refractivity (Wildman–Crippen MR) is 53.4 cm³/mol. The molecule has 0 bridgehead atoms. The van der Waals surface area contributed by atoms with Gasteiger partial charge in [-0.3, -0.25) is 4.84 Å². The first kappa shape index (κ1) is 9.82. The van der Waals surface area contributed by atoms with Gasteiger partial charge in [0.25, 0.3) is 5.89 Å². The minimum Gasteiger partial charge on any atom is -0.336 e. The molecule has 0 amide bonds. The van der Waals surface area contributed by atoms with Crippen LogP contribution < -0.4 is 5.90 Å². The van der Waals surface area contributed by atoms with Crippen molar-refractivity contribution in [1.82, 2.24) is 10.1 Å². The molecule has 0 aliphatic heterocycles. The number of benzene rings is 1. The number of hydrogen-bond acceptors (Lipinski definition) is 5. The zero-order chi connectivity index (χ0) is 10.7. The normalized spacial score (nSPS) is 10.5. The Morgan fingerprint density at radius 3 is 2.93 bits per heavy atom. The molecule has 15 heavy (non-hydrogen) atoms. The summed E-state index contributed by atoms with van der Waals surface area (Å²) in [6.07, 6.45) is 0. The molecule has 1 aromatic carbocycles. The first-order chi connectivity index (χ1) is 7.31. The van der Waals surface area contributed by atoms with Gasteiger partial charge in [-0.05, 0) is 12.5 Å². The summed E-state index contributed by atoms with van der Waals surface area (Å²) in [5, 5.41) is 3.84. The lowest BCUT2D eigenvalue weighted by Crippen LogP contribution is -1.98. The van der Waals surface area contributed by atoms with E-state index in [-0.39, 0.29) is 6.61 Å². The summed E-state index contributed by atoms with van der Waals surface area (Å²) in [6, 6.07) is 7.82. The highest BCUT2D eigenvalue weighted by Gasteiger charge is 2.09. The molecule has 0 saturated heterocycles. The standard InChI is InChI=1S/C10H11N3O2/c1-7-4-2-3-5-8(7)10-12-9(6-14-11)15-13-10/h2-5H,6,11H2,1H3. The van der Waals surface area contributed by atoms with Crippen LogP contribution in [0.4, 0.5) is 0 Å². The summed E-state index contributed by atoms with van der Waals surface area (Å²) in [5.74, 6) is 5.84. The topological polar surface area (TPSA) is 74.2 Å². The van der Waals surface area contributed by atoms with Crippen molar-refractivity contribution in [3.63, 3.8) is 0 Å². The largest absolute Gasteiger partial charge is 0.336 e. The van der Waals surface area contributed by atoms with Crippen LogP contribution in [0.5, 0.6) is 0 Å². The molecule has 0 atom stereocenters. The van der Waals surface area contributed by atoms with E-state index in [1.165, 1.54) is 0 Å². The summed E-state index contributed by atoms with van der Waals surface area (Å²) < 4.78 is 4.95. The molecule has 2 aromatic rings. The predicted octanol–water partition coefficient (Wildman–Crippen LogP) is 1.44. The van der Waals surface area contributed by atoms with Crippen LogP contribution in [0.25, 0.3) is 11.4 Å². The summed E-state index contributed by atoms with van der Waals surface area (Å²) in [4.78, 5) is 8.56. The van der Waals surface area contributed by atoms with Gasteiger partial charge in [0.2, 0.25) is 5.82 Å². The molecule has 78 valence electrons. The zero-order valence-corrected chi connectivity index (χ0v) is 8.30. The van der Waals surface area contributed by atoms with Crippen molar-refractivity contribution in [2.24, 2.45) is 5.90 Å². The van der Waals surface area contributed by atoms with Gasteiger partial charge in [0.05, 0.1) is 0 Å². The molecule has 1 heterocycles. The minimum atomic E-state index is 0.124. The van der Waals surface area contributed by atoms with E-state index in [9.17, 15) is 0 Å². The molecule has 1 aromatic heterocycles. The lowest BCUT2D eigenvalue weighted by Gasteiger charge is -1.97. The Labute approximate surface area is 86.8 Å². The molecular formula is C10H11N3O2. The van der Waals surface area contributed by atoms with E-state index in [1.54, 1.807) is 0 Å². The van der Waals surface area contributed by atoms with Crippen molar-refractivity contribution >= 4 is 0 Å². The number of aromatic nitrogens is 2. The Morgan fingerprint density at radius 2 is 2.20 bits per heavy atom. The van der Waals surface area contributed by atoms with E-state index < -0.39 is 0 Å². The second kappa shape index (κ2) is 4.20. The summed E-state index contributed by atoms with van der Waals surface area (Å²) in [6.45, 7) is 2.11. The average molecular weight is 205 g/mol. The third-order valence-electron chi connectivity index (χ3n) is 2.06. The van der Waals surface area contributed by atoms with Crippen LogP contribution in [0.15, 0.2) is 28.8 Å². The maximum Gasteiger partial charge on any atom is 0.255 e. The molecule has 5 nitrogen and oxygen atoms in total.